The molecule has 1 aliphatic heterocycles. The predicted molar refractivity (Wildman–Crippen MR) is 98.0 cm³/mol. The lowest BCUT2D eigenvalue weighted by Gasteiger charge is -2.26. The first-order valence-corrected chi connectivity index (χ1v) is 9.02. The Balaban J connectivity index is 1.59. The van der Waals surface area contributed by atoms with Crippen LogP contribution in [-0.2, 0) is 11.3 Å². The quantitative estimate of drug-likeness (QED) is 0.809. The third-order valence-electron chi connectivity index (χ3n) is 4.92. The van der Waals surface area contributed by atoms with Crippen molar-refractivity contribution < 1.29 is 4.79 Å². The number of aromatic nitrogens is 4. The van der Waals surface area contributed by atoms with E-state index in [1.165, 1.54) is 6.33 Å². The van der Waals surface area contributed by atoms with Gasteiger partial charge >= 0.3 is 0 Å². The highest BCUT2D eigenvalue weighted by Crippen LogP contribution is 2.20. The van der Waals surface area contributed by atoms with Crippen molar-refractivity contribution in [3.05, 3.63) is 42.5 Å². The molecule has 1 fully saturated rings. The summed E-state index contributed by atoms with van der Waals surface area (Å²) in [7, 11) is 1.82. The number of carbonyl (C=O) groups is 1. The van der Waals surface area contributed by atoms with Gasteiger partial charge < -0.3 is 9.47 Å². The van der Waals surface area contributed by atoms with Gasteiger partial charge in [-0.15, -0.1) is 0 Å². The summed E-state index contributed by atoms with van der Waals surface area (Å²) >= 11 is 0. The predicted octanol–water partition coefficient (Wildman–Crippen LogP) is 1.25. The van der Waals surface area contributed by atoms with Gasteiger partial charge in [-0.1, -0.05) is 13.8 Å². The fraction of sp³-hybridized carbons (Fsp3) is 0.556. The molecule has 1 amide bonds. The van der Waals surface area contributed by atoms with Gasteiger partial charge in [0.15, 0.2) is 0 Å². The molecular weight excluding hydrogens is 330 g/mol. The third kappa shape index (κ3) is 3.91. The van der Waals surface area contributed by atoms with Crippen LogP contribution in [0.3, 0.4) is 0 Å². The summed E-state index contributed by atoms with van der Waals surface area (Å²) in [6.07, 6.45) is 7.76. The number of likely N-dealkylation sites (N-methyl/N-ethyl adjacent to an activating group) is 1. The van der Waals surface area contributed by atoms with Gasteiger partial charge in [0, 0.05) is 44.1 Å². The van der Waals surface area contributed by atoms with Crippen molar-refractivity contribution in [2.24, 2.45) is 0 Å². The van der Waals surface area contributed by atoms with E-state index in [4.69, 9.17) is 0 Å². The molecule has 0 spiro atoms. The van der Waals surface area contributed by atoms with Crippen LogP contribution in [0.4, 0.5) is 0 Å². The molecule has 0 saturated carbocycles. The second kappa shape index (κ2) is 7.92. The molecule has 8 nitrogen and oxygen atoms in total. The van der Waals surface area contributed by atoms with Gasteiger partial charge in [-0.3, -0.25) is 10.2 Å². The van der Waals surface area contributed by atoms with Crippen molar-refractivity contribution in [1.82, 2.24) is 35.3 Å². The standard InChI is InChI=1S/C18H27N7O/c1-12(2)17-20-7-8-25(17)10-14-9-16(23-22-14)18(26)24(4)13(3)15-5-6-19-11-21-15/h5-8,11-14,16,22-23H,9-10H2,1-4H3. The van der Waals surface area contributed by atoms with Crippen LogP contribution in [-0.4, -0.2) is 49.5 Å². The lowest BCUT2D eigenvalue weighted by molar-refractivity contribution is -0.133. The minimum atomic E-state index is -0.250. The Bertz CT molecular complexity index is 730. The average Bonchev–Trinajstić information content (AvgIpc) is 3.30. The van der Waals surface area contributed by atoms with E-state index < -0.39 is 0 Å². The molecular formula is C18H27N7O. The Morgan fingerprint density at radius 2 is 2.12 bits per heavy atom. The average molecular weight is 357 g/mol. The van der Waals surface area contributed by atoms with E-state index >= 15 is 0 Å². The molecule has 140 valence electrons. The highest BCUT2D eigenvalue weighted by Gasteiger charge is 2.33. The number of rotatable bonds is 6. The Kier molecular flexibility index (Phi) is 5.63. The van der Waals surface area contributed by atoms with Crippen molar-refractivity contribution in [3.63, 3.8) is 0 Å². The van der Waals surface area contributed by atoms with Crippen molar-refractivity contribution in [1.29, 1.82) is 0 Å². The minimum absolute atomic E-state index is 0.0563. The molecule has 0 radical (unpaired) electrons. The minimum Gasteiger partial charge on any atom is -0.336 e. The fourth-order valence-corrected chi connectivity index (χ4v) is 3.30. The van der Waals surface area contributed by atoms with Gasteiger partial charge in [-0.05, 0) is 19.4 Å². The Labute approximate surface area is 154 Å². The normalized spacial score (nSPS) is 21.1. The van der Waals surface area contributed by atoms with E-state index in [1.54, 1.807) is 11.1 Å². The first-order valence-electron chi connectivity index (χ1n) is 9.02. The van der Waals surface area contributed by atoms with Gasteiger partial charge in [-0.25, -0.2) is 20.4 Å². The Morgan fingerprint density at radius 3 is 2.81 bits per heavy atom. The number of imidazole rings is 1. The number of hydrazine groups is 1. The molecule has 1 saturated heterocycles. The van der Waals surface area contributed by atoms with Crippen LogP contribution in [0.25, 0.3) is 0 Å². The number of carbonyl (C=O) groups excluding carboxylic acids is 1. The summed E-state index contributed by atoms with van der Waals surface area (Å²) in [6, 6.07) is 1.66. The lowest BCUT2D eigenvalue weighted by Crippen LogP contribution is -2.45. The topological polar surface area (TPSA) is 88.0 Å². The summed E-state index contributed by atoms with van der Waals surface area (Å²) in [5, 5.41) is 0. The van der Waals surface area contributed by atoms with Crippen LogP contribution in [0.15, 0.2) is 31.0 Å². The molecule has 2 N–H and O–H groups in total. The molecule has 8 heteroatoms. The summed E-state index contributed by atoms with van der Waals surface area (Å²) in [4.78, 5) is 27.2. The number of amides is 1. The molecule has 3 atom stereocenters. The van der Waals surface area contributed by atoms with Crippen molar-refractivity contribution in [2.45, 2.75) is 57.8 Å². The van der Waals surface area contributed by atoms with Crippen molar-refractivity contribution in [2.75, 3.05) is 7.05 Å². The molecule has 2 aromatic rings. The molecule has 0 bridgehead atoms. The smallest absolute Gasteiger partial charge is 0.241 e. The lowest BCUT2D eigenvalue weighted by atomic mass is 10.1. The van der Waals surface area contributed by atoms with Crippen molar-refractivity contribution in [3.8, 4) is 0 Å². The molecule has 1 aliphatic rings. The highest BCUT2D eigenvalue weighted by molar-refractivity contribution is 5.82. The highest BCUT2D eigenvalue weighted by atomic mass is 16.2. The third-order valence-corrected chi connectivity index (χ3v) is 4.92. The maximum atomic E-state index is 12.8. The number of nitrogens with one attached hydrogen (secondary N) is 2. The van der Waals surface area contributed by atoms with Gasteiger partial charge in [0.1, 0.15) is 18.2 Å². The zero-order valence-electron chi connectivity index (χ0n) is 15.8. The van der Waals surface area contributed by atoms with E-state index in [0.29, 0.717) is 5.92 Å². The second-order valence-electron chi connectivity index (χ2n) is 7.13. The first-order chi connectivity index (χ1) is 12.5. The largest absolute Gasteiger partial charge is 0.336 e. The number of hydrogen-bond acceptors (Lipinski definition) is 6. The van der Waals surface area contributed by atoms with E-state index in [2.05, 4.69) is 44.2 Å². The van der Waals surface area contributed by atoms with E-state index in [0.717, 1.165) is 24.5 Å². The van der Waals surface area contributed by atoms with Crippen LogP contribution in [0, 0.1) is 0 Å². The summed E-state index contributed by atoms with van der Waals surface area (Å²) in [5.41, 5.74) is 7.23. The van der Waals surface area contributed by atoms with Crippen LogP contribution in [0.5, 0.6) is 0 Å². The summed E-state index contributed by atoms with van der Waals surface area (Å²) in [6.45, 7) is 7.03. The maximum absolute atomic E-state index is 12.8. The monoisotopic (exact) mass is 357 g/mol. The Hall–Kier alpha value is -2.32. The van der Waals surface area contributed by atoms with Crippen LogP contribution >= 0.6 is 0 Å². The zero-order valence-corrected chi connectivity index (χ0v) is 15.8. The number of nitrogens with zero attached hydrogens (tertiary/aromatic N) is 5. The summed E-state index contributed by atoms with van der Waals surface area (Å²) < 4.78 is 2.16. The maximum Gasteiger partial charge on any atom is 0.241 e. The van der Waals surface area contributed by atoms with E-state index in [1.807, 2.05) is 32.4 Å². The first kappa shape index (κ1) is 18.5. The van der Waals surface area contributed by atoms with Crippen LogP contribution in [0.2, 0.25) is 0 Å². The molecule has 0 aromatic carbocycles. The van der Waals surface area contributed by atoms with Gasteiger partial charge in [0.2, 0.25) is 5.91 Å². The van der Waals surface area contributed by atoms with E-state index in [9.17, 15) is 4.79 Å². The molecule has 3 heterocycles. The molecule has 3 rings (SSSR count). The fourth-order valence-electron chi connectivity index (χ4n) is 3.30. The van der Waals surface area contributed by atoms with Gasteiger partial charge in [-0.2, -0.15) is 0 Å². The molecule has 0 aliphatic carbocycles. The van der Waals surface area contributed by atoms with E-state index in [-0.39, 0.29) is 24.0 Å². The summed E-state index contributed by atoms with van der Waals surface area (Å²) in [5.74, 6) is 1.49. The second-order valence-corrected chi connectivity index (χ2v) is 7.13. The zero-order chi connectivity index (χ0) is 18.7. The van der Waals surface area contributed by atoms with Crippen LogP contribution < -0.4 is 10.9 Å². The SMILES string of the molecule is CC(C)c1nccn1CC1CC(C(=O)N(C)C(C)c2ccncn2)NN1. The van der Waals surface area contributed by atoms with Crippen molar-refractivity contribution >= 4 is 5.91 Å². The molecule has 26 heavy (non-hydrogen) atoms. The Morgan fingerprint density at radius 1 is 1.31 bits per heavy atom. The van der Waals surface area contributed by atoms with Gasteiger partial charge in [0.25, 0.3) is 0 Å². The number of hydrogen-bond donors (Lipinski definition) is 2. The van der Waals surface area contributed by atoms with Gasteiger partial charge in [0.05, 0.1) is 11.7 Å². The molecule has 2 aromatic heterocycles. The molecule has 3 unspecified atom stereocenters. The van der Waals surface area contributed by atoms with Crippen LogP contribution in [0.1, 0.15) is 50.7 Å².